The largest absolute Gasteiger partial charge is 0.394 e. The lowest BCUT2D eigenvalue weighted by Crippen LogP contribution is -2.14. The van der Waals surface area contributed by atoms with Crippen molar-refractivity contribution >= 4 is 11.8 Å². The number of hydrogen-bond donors (Lipinski definition) is 2. The highest BCUT2D eigenvalue weighted by atomic mass is 32.2. The molecule has 0 saturated heterocycles. The maximum atomic E-state index is 12.8. The van der Waals surface area contributed by atoms with E-state index >= 15 is 0 Å². The van der Waals surface area contributed by atoms with Crippen LogP contribution in [0.4, 0.5) is 8.78 Å². The Kier molecular flexibility index (Phi) is 5.01. The molecule has 0 heterocycles. The molecule has 0 saturated carbocycles. The van der Waals surface area contributed by atoms with Gasteiger partial charge in [-0.25, -0.2) is 8.78 Å². The first kappa shape index (κ1) is 12.4. The lowest BCUT2D eigenvalue weighted by Gasteiger charge is -2.06. The van der Waals surface area contributed by atoms with Gasteiger partial charge in [-0.05, 0) is 17.7 Å². The summed E-state index contributed by atoms with van der Waals surface area (Å²) < 4.78 is 25.3. The number of rotatable bonds is 5. The molecule has 0 amide bonds. The summed E-state index contributed by atoms with van der Waals surface area (Å²) in [6.07, 6.45) is -0.764. The Balaban J connectivity index is 2.41. The minimum Gasteiger partial charge on any atom is -0.394 e. The van der Waals surface area contributed by atoms with Crippen LogP contribution in [0.3, 0.4) is 0 Å². The van der Waals surface area contributed by atoms with Gasteiger partial charge in [0.1, 0.15) is 0 Å². The molecule has 0 aliphatic heterocycles. The molecule has 0 spiro atoms. The summed E-state index contributed by atoms with van der Waals surface area (Å²) in [6.45, 7) is -0.287. The summed E-state index contributed by atoms with van der Waals surface area (Å²) in [5.74, 6) is -0.876. The summed E-state index contributed by atoms with van der Waals surface area (Å²) in [5.41, 5.74) is 0.657. The standard InChI is InChI=1S/C10H12F2O2S/c11-9-2-1-7(3-10(9)12)5-15-6-8(14)4-13/h1-3,8,13-14H,4-6H2. The van der Waals surface area contributed by atoms with E-state index in [4.69, 9.17) is 10.2 Å². The van der Waals surface area contributed by atoms with E-state index in [0.29, 0.717) is 17.1 Å². The van der Waals surface area contributed by atoms with Crippen molar-refractivity contribution in [2.24, 2.45) is 0 Å². The van der Waals surface area contributed by atoms with E-state index in [1.165, 1.54) is 17.8 Å². The normalized spacial score (nSPS) is 12.8. The van der Waals surface area contributed by atoms with Crippen molar-refractivity contribution in [3.8, 4) is 0 Å². The third-order valence-corrected chi connectivity index (χ3v) is 2.93. The number of aliphatic hydroxyl groups excluding tert-OH is 2. The number of aliphatic hydroxyl groups is 2. The zero-order valence-electron chi connectivity index (χ0n) is 7.99. The van der Waals surface area contributed by atoms with Crippen LogP contribution < -0.4 is 0 Å². The third-order valence-electron chi connectivity index (χ3n) is 1.77. The lowest BCUT2D eigenvalue weighted by molar-refractivity contribution is 0.113. The fraction of sp³-hybridized carbons (Fsp3) is 0.400. The van der Waals surface area contributed by atoms with Gasteiger partial charge in [0.2, 0.25) is 0 Å². The van der Waals surface area contributed by atoms with E-state index in [1.807, 2.05) is 0 Å². The first-order valence-electron chi connectivity index (χ1n) is 4.44. The molecule has 1 unspecified atom stereocenters. The van der Waals surface area contributed by atoms with E-state index in [0.717, 1.165) is 12.1 Å². The molecule has 1 atom stereocenters. The van der Waals surface area contributed by atoms with Crippen LogP contribution in [0.1, 0.15) is 5.56 Å². The number of halogens is 2. The second-order valence-corrected chi connectivity index (χ2v) is 4.13. The molecule has 1 aromatic rings. The highest BCUT2D eigenvalue weighted by molar-refractivity contribution is 7.98. The van der Waals surface area contributed by atoms with Crippen LogP contribution in [-0.4, -0.2) is 28.7 Å². The summed E-state index contributed by atoms with van der Waals surface area (Å²) in [6, 6.07) is 3.71. The van der Waals surface area contributed by atoms with E-state index in [1.54, 1.807) is 0 Å². The zero-order chi connectivity index (χ0) is 11.3. The minimum absolute atomic E-state index is 0.287. The van der Waals surface area contributed by atoms with Gasteiger partial charge in [0.05, 0.1) is 12.7 Å². The second kappa shape index (κ2) is 6.05. The summed E-state index contributed by atoms with van der Waals surface area (Å²) >= 11 is 1.35. The predicted octanol–water partition coefficient (Wildman–Crippen LogP) is 1.55. The van der Waals surface area contributed by atoms with Crippen LogP contribution in [0.15, 0.2) is 18.2 Å². The first-order valence-corrected chi connectivity index (χ1v) is 5.59. The van der Waals surface area contributed by atoms with E-state index in [9.17, 15) is 8.78 Å². The molecule has 0 fully saturated rings. The SMILES string of the molecule is OCC(O)CSCc1ccc(F)c(F)c1. The van der Waals surface area contributed by atoms with Crippen LogP contribution in [0.5, 0.6) is 0 Å². The zero-order valence-corrected chi connectivity index (χ0v) is 8.81. The Hall–Kier alpha value is -0.650. The van der Waals surface area contributed by atoms with Crippen LogP contribution in [0.25, 0.3) is 0 Å². The molecule has 84 valence electrons. The second-order valence-electron chi connectivity index (χ2n) is 3.10. The Bertz CT molecular complexity index is 320. The predicted molar refractivity (Wildman–Crippen MR) is 55.6 cm³/mol. The van der Waals surface area contributed by atoms with Gasteiger partial charge >= 0.3 is 0 Å². The van der Waals surface area contributed by atoms with Gasteiger partial charge in [-0.1, -0.05) is 6.07 Å². The fourth-order valence-corrected chi connectivity index (χ4v) is 1.91. The summed E-state index contributed by atoms with van der Waals surface area (Å²) in [5, 5.41) is 17.6. The van der Waals surface area contributed by atoms with Gasteiger partial charge < -0.3 is 10.2 Å². The first-order chi connectivity index (χ1) is 7.13. The van der Waals surface area contributed by atoms with Crippen LogP contribution in [-0.2, 0) is 5.75 Å². The molecule has 2 N–H and O–H groups in total. The van der Waals surface area contributed by atoms with Crippen molar-refractivity contribution in [3.05, 3.63) is 35.4 Å². The van der Waals surface area contributed by atoms with Crippen LogP contribution >= 0.6 is 11.8 Å². The van der Waals surface area contributed by atoms with E-state index in [2.05, 4.69) is 0 Å². The molecule has 0 aromatic heterocycles. The quantitative estimate of drug-likeness (QED) is 0.812. The Morgan fingerprint density at radius 1 is 1.27 bits per heavy atom. The van der Waals surface area contributed by atoms with Crippen molar-refractivity contribution < 1.29 is 19.0 Å². The minimum atomic E-state index is -0.865. The number of hydrogen-bond acceptors (Lipinski definition) is 3. The monoisotopic (exact) mass is 234 g/mol. The summed E-state index contributed by atoms with van der Waals surface area (Å²) in [4.78, 5) is 0. The molecule has 0 bridgehead atoms. The van der Waals surface area contributed by atoms with Crippen molar-refractivity contribution in [3.63, 3.8) is 0 Å². The Labute approximate surface area is 90.9 Å². The van der Waals surface area contributed by atoms with E-state index in [-0.39, 0.29) is 6.61 Å². The van der Waals surface area contributed by atoms with Crippen LogP contribution in [0, 0.1) is 11.6 Å². The van der Waals surface area contributed by atoms with Crippen molar-refractivity contribution in [1.82, 2.24) is 0 Å². The van der Waals surface area contributed by atoms with Gasteiger partial charge in [-0.15, -0.1) is 0 Å². The molecule has 5 heteroatoms. The topological polar surface area (TPSA) is 40.5 Å². The highest BCUT2D eigenvalue weighted by Crippen LogP contribution is 2.15. The maximum Gasteiger partial charge on any atom is 0.159 e. The van der Waals surface area contributed by atoms with Gasteiger partial charge in [-0.2, -0.15) is 11.8 Å². The number of benzene rings is 1. The lowest BCUT2D eigenvalue weighted by atomic mass is 10.2. The Morgan fingerprint density at radius 2 is 2.00 bits per heavy atom. The van der Waals surface area contributed by atoms with Crippen molar-refractivity contribution in [2.45, 2.75) is 11.9 Å². The third kappa shape index (κ3) is 4.15. The molecular weight excluding hydrogens is 222 g/mol. The fourth-order valence-electron chi connectivity index (χ4n) is 0.995. The van der Waals surface area contributed by atoms with Crippen molar-refractivity contribution in [2.75, 3.05) is 12.4 Å². The maximum absolute atomic E-state index is 12.8. The average Bonchev–Trinajstić information content (AvgIpc) is 2.23. The highest BCUT2D eigenvalue weighted by Gasteiger charge is 2.04. The Morgan fingerprint density at radius 3 is 2.60 bits per heavy atom. The van der Waals surface area contributed by atoms with Gasteiger partial charge in [0.15, 0.2) is 11.6 Å². The van der Waals surface area contributed by atoms with E-state index < -0.39 is 17.7 Å². The molecule has 1 rings (SSSR count). The number of thioether (sulfide) groups is 1. The molecule has 0 radical (unpaired) electrons. The molecular formula is C10H12F2O2S. The molecule has 0 aliphatic rings. The molecule has 0 aliphatic carbocycles. The molecule has 1 aromatic carbocycles. The van der Waals surface area contributed by atoms with Gasteiger partial charge in [-0.3, -0.25) is 0 Å². The molecule has 15 heavy (non-hydrogen) atoms. The molecule has 2 nitrogen and oxygen atoms in total. The summed E-state index contributed by atoms with van der Waals surface area (Å²) in [7, 11) is 0. The smallest absolute Gasteiger partial charge is 0.159 e. The van der Waals surface area contributed by atoms with Gasteiger partial charge in [0.25, 0.3) is 0 Å². The average molecular weight is 234 g/mol. The van der Waals surface area contributed by atoms with Crippen molar-refractivity contribution in [1.29, 1.82) is 0 Å². The van der Waals surface area contributed by atoms with Crippen LogP contribution in [0.2, 0.25) is 0 Å². The van der Waals surface area contributed by atoms with Gasteiger partial charge in [0, 0.05) is 11.5 Å².